The van der Waals surface area contributed by atoms with Crippen LogP contribution < -0.4 is 22.1 Å². The minimum Gasteiger partial charge on any atom is -0.370 e. The van der Waals surface area contributed by atoms with Gasteiger partial charge in [0.2, 0.25) is 11.8 Å². The molecule has 0 bridgehead atoms. The van der Waals surface area contributed by atoms with E-state index < -0.39 is 5.91 Å². The Balaban J connectivity index is 1.95. The third-order valence-corrected chi connectivity index (χ3v) is 4.35. The summed E-state index contributed by atoms with van der Waals surface area (Å²) in [5.41, 5.74) is 11.7. The summed E-state index contributed by atoms with van der Waals surface area (Å²) in [4.78, 5) is 35.1. The van der Waals surface area contributed by atoms with Gasteiger partial charge in [-0.05, 0) is 43.5 Å². The van der Waals surface area contributed by atoms with Gasteiger partial charge in [0.15, 0.2) is 0 Å². The molecule has 0 heterocycles. The first-order valence-corrected chi connectivity index (χ1v) is 8.18. The Morgan fingerprint density at radius 1 is 1.21 bits per heavy atom. The average Bonchev–Trinajstić information content (AvgIpc) is 3.03. The monoisotopic (exact) mass is 332 g/mol. The summed E-state index contributed by atoms with van der Waals surface area (Å²) in [6, 6.07) is 6.70. The quantitative estimate of drug-likeness (QED) is 0.583. The Morgan fingerprint density at radius 3 is 2.71 bits per heavy atom. The van der Waals surface area contributed by atoms with Gasteiger partial charge >= 0.3 is 0 Å². The van der Waals surface area contributed by atoms with Crippen molar-refractivity contribution < 1.29 is 14.4 Å². The van der Waals surface area contributed by atoms with Gasteiger partial charge < -0.3 is 22.1 Å². The molecule has 0 radical (unpaired) electrons. The van der Waals surface area contributed by atoms with Crippen LogP contribution in [0, 0.1) is 11.8 Å². The van der Waals surface area contributed by atoms with Crippen molar-refractivity contribution in [1.29, 1.82) is 0 Å². The van der Waals surface area contributed by atoms with Crippen LogP contribution in [-0.4, -0.2) is 30.8 Å². The van der Waals surface area contributed by atoms with Gasteiger partial charge in [-0.1, -0.05) is 12.5 Å². The van der Waals surface area contributed by atoms with Crippen molar-refractivity contribution in [3.8, 4) is 0 Å². The van der Waals surface area contributed by atoms with Crippen LogP contribution in [0.3, 0.4) is 0 Å². The topological polar surface area (TPSA) is 127 Å². The van der Waals surface area contributed by atoms with E-state index in [1.807, 2.05) is 0 Å². The molecule has 7 heteroatoms. The zero-order valence-corrected chi connectivity index (χ0v) is 13.6. The van der Waals surface area contributed by atoms with Crippen molar-refractivity contribution in [2.24, 2.45) is 23.3 Å². The molecular weight excluding hydrogens is 308 g/mol. The number of hydrogen-bond donors (Lipinski definition) is 4. The maximum absolute atomic E-state index is 12.4. The van der Waals surface area contributed by atoms with E-state index >= 15 is 0 Å². The maximum atomic E-state index is 12.4. The van der Waals surface area contributed by atoms with E-state index in [-0.39, 0.29) is 36.6 Å². The number of hydrogen-bond acceptors (Lipinski definition) is 4. The van der Waals surface area contributed by atoms with Crippen LogP contribution in [0.25, 0.3) is 0 Å². The number of benzene rings is 1. The molecule has 0 spiro atoms. The maximum Gasteiger partial charge on any atom is 0.251 e. The second kappa shape index (κ2) is 8.44. The minimum atomic E-state index is -0.470. The fourth-order valence-electron chi connectivity index (χ4n) is 3.04. The summed E-state index contributed by atoms with van der Waals surface area (Å²) in [5.74, 6) is -0.669. The Morgan fingerprint density at radius 2 is 2.00 bits per heavy atom. The number of anilines is 1. The van der Waals surface area contributed by atoms with Gasteiger partial charge in [-0.3, -0.25) is 14.4 Å². The van der Waals surface area contributed by atoms with Crippen molar-refractivity contribution >= 4 is 23.4 Å². The predicted octanol–water partition coefficient (Wildman–Crippen LogP) is 0.605. The van der Waals surface area contributed by atoms with Crippen LogP contribution in [0.1, 0.15) is 36.0 Å². The van der Waals surface area contributed by atoms with E-state index in [0.29, 0.717) is 17.8 Å². The van der Waals surface area contributed by atoms with E-state index in [2.05, 4.69) is 10.6 Å². The second-order valence-corrected chi connectivity index (χ2v) is 6.08. The lowest BCUT2D eigenvalue weighted by Gasteiger charge is -2.17. The minimum absolute atomic E-state index is 0.0470. The molecule has 3 amide bonds. The highest BCUT2D eigenvalue weighted by Gasteiger charge is 2.31. The fourth-order valence-corrected chi connectivity index (χ4v) is 3.04. The molecule has 0 aromatic heterocycles. The summed E-state index contributed by atoms with van der Waals surface area (Å²) in [6.07, 6.45) is 2.93. The molecule has 0 saturated heterocycles. The summed E-state index contributed by atoms with van der Waals surface area (Å²) in [5, 5.41) is 5.48. The Kier molecular flexibility index (Phi) is 6.31. The normalized spacial score (nSPS) is 19.7. The van der Waals surface area contributed by atoms with Gasteiger partial charge in [-0.2, -0.15) is 0 Å². The second-order valence-electron chi connectivity index (χ2n) is 6.08. The number of carbonyl (C=O) groups excluding carboxylic acids is 3. The van der Waals surface area contributed by atoms with Gasteiger partial charge in [0.1, 0.15) is 0 Å². The largest absolute Gasteiger partial charge is 0.370 e. The smallest absolute Gasteiger partial charge is 0.251 e. The van der Waals surface area contributed by atoms with E-state index in [0.717, 1.165) is 19.3 Å². The number of primary amides is 1. The van der Waals surface area contributed by atoms with Gasteiger partial charge in [0.05, 0.1) is 0 Å². The molecule has 2 rings (SSSR count). The van der Waals surface area contributed by atoms with Gasteiger partial charge in [-0.15, -0.1) is 0 Å². The standard InChI is InChI=1S/C17H24N4O3/c18-10-12-4-2-6-14(12)17(24)21-13-5-1-3-11(9-13)16(23)20-8-7-15(19)22/h1,3,5,9,12,14H,2,4,6-8,10,18H2,(H2,19,22)(H,20,23)(H,21,24)/t12-,14-/m1/s1. The molecular formula is C17H24N4O3. The molecule has 130 valence electrons. The van der Waals surface area contributed by atoms with Crippen LogP contribution in [-0.2, 0) is 9.59 Å². The molecule has 1 fully saturated rings. The summed E-state index contributed by atoms with van der Waals surface area (Å²) < 4.78 is 0. The zero-order valence-electron chi connectivity index (χ0n) is 13.6. The van der Waals surface area contributed by atoms with E-state index in [1.54, 1.807) is 24.3 Å². The lowest BCUT2D eigenvalue weighted by Crippen LogP contribution is -2.30. The highest BCUT2D eigenvalue weighted by Crippen LogP contribution is 2.31. The predicted molar refractivity (Wildman–Crippen MR) is 91.1 cm³/mol. The Bertz CT molecular complexity index is 618. The number of nitrogens with two attached hydrogens (primary N) is 2. The molecule has 0 unspecified atom stereocenters. The van der Waals surface area contributed by atoms with E-state index in [9.17, 15) is 14.4 Å². The van der Waals surface area contributed by atoms with Crippen LogP contribution in [0.4, 0.5) is 5.69 Å². The average molecular weight is 332 g/mol. The van der Waals surface area contributed by atoms with Crippen LogP contribution in [0.5, 0.6) is 0 Å². The fraction of sp³-hybridized carbons (Fsp3) is 0.471. The highest BCUT2D eigenvalue weighted by molar-refractivity contribution is 5.98. The van der Waals surface area contributed by atoms with Crippen molar-refractivity contribution in [1.82, 2.24) is 5.32 Å². The van der Waals surface area contributed by atoms with Crippen LogP contribution in [0.15, 0.2) is 24.3 Å². The van der Waals surface area contributed by atoms with Crippen molar-refractivity contribution in [3.05, 3.63) is 29.8 Å². The Labute approximate surface area is 141 Å². The third kappa shape index (κ3) is 4.79. The van der Waals surface area contributed by atoms with E-state index in [4.69, 9.17) is 11.5 Å². The first kappa shape index (κ1) is 17.9. The van der Waals surface area contributed by atoms with E-state index in [1.165, 1.54) is 0 Å². The van der Waals surface area contributed by atoms with Crippen molar-refractivity contribution in [2.45, 2.75) is 25.7 Å². The SMILES string of the molecule is NC[C@H]1CCC[C@H]1C(=O)Nc1cccc(C(=O)NCCC(N)=O)c1. The molecule has 1 aromatic rings. The molecule has 7 nitrogen and oxygen atoms in total. The van der Waals surface area contributed by atoms with Gasteiger partial charge in [-0.25, -0.2) is 0 Å². The van der Waals surface area contributed by atoms with Crippen LogP contribution in [0.2, 0.25) is 0 Å². The lowest BCUT2D eigenvalue weighted by molar-refractivity contribution is -0.121. The summed E-state index contributed by atoms with van der Waals surface area (Å²) >= 11 is 0. The first-order valence-electron chi connectivity index (χ1n) is 8.18. The van der Waals surface area contributed by atoms with Crippen molar-refractivity contribution in [2.75, 3.05) is 18.4 Å². The number of amides is 3. The highest BCUT2D eigenvalue weighted by atomic mass is 16.2. The molecule has 6 N–H and O–H groups in total. The van der Waals surface area contributed by atoms with Crippen LogP contribution >= 0.6 is 0 Å². The molecule has 1 aliphatic rings. The third-order valence-electron chi connectivity index (χ3n) is 4.35. The molecule has 1 aliphatic carbocycles. The zero-order chi connectivity index (χ0) is 17.5. The number of carbonyl (C=O) groups is 3. The molecule has 1 aromatic carbocycles. The van der Waals surface area contributed by atoms with Gasteiger partial charge in [0, 0.05) is 30.1 Å². The number of nitrogens with one attached hydrogen (secondary N) is 2. The lowest BCUT2D eigenvalue weighted by atomic mass is 9.95. The summed E-state index contributed by atoms with van der Waals surface area (Å²) in [7, 11) is 0. The molecule has 24 heavy (non-hydrogen) atoms. The molecule has 2 atom stereocenters. The summed E-state index contributed by atoms with van der Waals surface area (Å²) in [6.45, 7) is 0.700. The first-order chi connectivity index (χ1) is 11.5. The number of rotatable bonds is 7. The van der Waals surface area contributed by atoms with Gasteiger partial charge in [0.25, 0.3) is 5.91 Å². The Hall–Kier alpha value is -2.41. The van der Waals surface area contributed by atoms with Crippen molar-refractivity contribution in [3.63, 3.8) is 0 Å². The molecule has 0 aliphatic heterocycles. The molecule has 1 saturated carbocycles.